The molecular formula is C14H11FINO. The van der Waals surface area contributed by atoms with Gasteiger partial charge in [-0.15, -0.1) is 0 Å². The lowest BCUT2D eigenvalue weighted by atomic mass is 10.2. The Morgan fingerprint density at radius 2 is 1.94 bits per heavy atom. The van der Waals surface area contributed by atoms with E-state index in [9.17, 15) is 9.18 Å². The highest BCUT2D eigenvalue weighted by molar-refractivity contribution is 14.1. The van der Waals surface area contributed by atoms with E-state index < -0.39 is 0 Å². The number of halogens is 2. The average molecular weight is 355 g/mol. The summed E-state index contributed by atoms with van der Waals surface area (Å²) in [6.45, 7) is 0.321. The summed E-state index contributed by atoms with van der Waals surface area (Å²) in [7, 11) is 0. The van der Waals surface area contributed by atoms with Crippen molar-refractivity contribution >= 4 is 28.5 Å². The Bertz CT molecular complexity index is 571. The van der Waals surface area contributed by atoms with Crippen LogP contribution in [0.25, 0.3) is 0 Å². The zero-order valence-electron chi connectivity index (χ0n) is 9.49. The predicted octanol–water partition coefficient (Wildman–Crippen LogP) is 3.36. The fourth-order valence-corrected chi connectivity index (χ4v) is 2.10. The zero-order chi connectivity index (χ0) is 13.0. The smallest absolute Gasteiger partial charge is 0.251 e. The number of amides is 1. The average Bonchev–Trinajstić information content (AvgIpc) is 2.36. The van der Waals surface area contributed by atoms with E-state index in [0.717, 1.165) is 9.13 Å². The highest BCUT2D eigenvalue weighted by Gasteiger charge is 2.05. The first-order valence-electron chi connectivity index (χ1n) is 5.43. The molecule has 2 aromatic carbocycles. The third-order valence-electron chi connectivity index (χ3n) is 2.43. The van der Waals surface area contributed by atoms with Crippen LogP contribution in [0.1, 0.15) is 15.9 Å². The molecule has 4 heteroatoms. The molecule has 0 saturated carbocycles. The third kappa shape index (κ3) is 3.53. The lowest BCUT2D eigenvalue weighted by Gasteiger charge is -2.05. The SMILES string of the molecule is O=C(NCc1cccc(F)c1)c1cccc(I)c1. The van der Waals surface area contributed by atoms with Crippen molar-refractivity contribution in [1.29, 1.82) is 0 Å². The van der Waals surface area contributed by atoms with Gasteiger partial charge in [-0.3, -0.25) is 4.79 Å². The molecule has 0 aliphatic carbocycles. The molecule has 2 nitrogen and oxygen atoms in total. The fraction of sp³-hybridized carbons (Fsp3) is 0.0714. The molecule has 0 spiro atoms. The first-order chi connectivity index (χ1) is 8.65. The summed E-state index contributed by atoms with van der Waals surface area (Å²) < 4.78 is 14.0. The van der Waals surface area contributed by atoms with Gasteiger partial charge in [-0.25, -0.2) is 4.39 Å². The number of hydrogen-bond donors (Lipinski definition) is 1. The van der Waals surface area contributed by atoms with Crippen molar-refractivity contribution in [2.75, 3.05) is 0 Å². The summed E-state index contributed by atoms with van der Waals surface area (Å²) in [6, 6.07) is 13.5. The minimum atomic E-state index is -0.295. The summed E-state index contributed by atoms with van der Waals surface area (Å²) in [5.41, 5.74) is 1.35. The van der Waals surface area contributed by atoms with Crippen LogP contribution in [0.2, 0.25) is 0 Å². The molecule has 92 valence electrons. The molecule has 0 aliphatic heterocycles. The molecule has 2 aromatic rings. The van der Waals surface area contributed by atoms with Crippen LogP contribution in [-0.2, 0) is 6.54 Å². The second-order valence-corrected chi connectivity index (χ2v) is 5.07. The predicted molar refractivity (Wildman–Crippen MR) is 76.7 cm³/mol. The highest BCUT2D eigenvalue weighted by Crippen LogP contribution is 2.08. The molecule has 0 bridgehead atoms. The first-order valence-corrected chi connectivity index (χ1v) is 6.51. The Labute approximate surface area is 118 Å². The molecule has 0 atom stereocenters. The Balaban J connectivity index is 2.00. The number of benzene rings is 2. The molecule has 1 N–H and O–H groups in total. The third-order valence-corrected chi connectivity index (χ3v) is 3.10. The van der Waals surface area contributed by atoms with Crippen LogP contribution in [0.3, 0.4) is 0 Å². The van der Waals surface area contributed by atoms with E-state index >= 15 is 0 Å². The van der Waals surface area contributed by atoms with Crippen molar-refractivity contribution in [2.24, 2.45) is 0 Å². The topological polar surface area (TPSA) is 29.1 Å². The molecule has 0 unspecified atom stereocenters. The Kier molecular flexibility index (Phi) is 4.30. The Hall–Kier alpha value is -1.43. The fourth-order valence-electron chi connectivity index (χ4n) is 1.56. The monoisotopic (exact) mass is 355 g/mol. The van der Waals surface area contributed by atoms with Crippen molar-refractivity contribution in [3.05, 3.63) is 69.0 Å². The van der Waals surface area contributed by atoms with Gasteiger partial charge in [0, 0.05) is 15.7 Å². The number of hydrogen-bond acceptors (Lipinski definition) is 1. The largest absolute Gasteiger partial charge is 0.348 e. The van der Waals surface area contributed by atoms with Crippen LogP contribution < -0.4 is 5.32 Å². The minimum absolute atomic E-state index is 0.155. The summed E-state index contributed by atoms with van der Waals surface area (Å²) >= 11 is 2.15. The zero-order valence-corrected chi connectivity index (χ0v) is 11.6. The highest BCUT2D eigenvalue weighted by atomic mass is 127. The maximum Gasteiger partial charge on any atom is 0.251 e. The van der Waals surface area contributed by atoms with Crippen LogP contribution in [0.5, 0.6) is 0 Å². The number of nitrogens with one attached hydrogen (secondary N) is 1. The van der Waals surface area contributed by atoms with E-state index in [1.54, 1.807) is 18.2 Å². The molecule has 0 aliphatic rings. The normalized spacial score (nSPS) is 10.1. The van der Waals surface area contributed by atoms with Crippen molar-refractivity contribution in [2.45, 2.75) is 6.54 Å². The van der Waals surface area contributed by atoms with Gasteiger partial charge in [-0.2, -0.15) is 0 Å². The number of carbonyl (C=O) groups excluding carboxylic acids is 1. The van der Waals surface area contributed by atoms with Crippen LogP contribution in [0.15, 0.2) is 48.5 Å². The standard InChI is InChI=1S/C14H11FINO/c15-12-5-1-3-10(7-12)9-17-14(18)11-4-2-6-13(16)8-11/h1-8H,9H2,(H,17,18). The first kappa shape index (κ1) is 13.0. The van der Waals surface area contributed by atoms with Gasteiger partial charge in [-0.05, 0) is 58.5 Å². The second-order valence-electron chi connectivity index (χ2n) is 3.82. The maximum absolute atomic E-state index is 13.0. The van der Waals surface area contributed by atoms with Crippen molar-refractivity contribution in [3.63, 3.8) is 0 Å². The van der Waals surface area contributed by atoms with Crippen LogP contribution >= 0.6 is 22.6 Å². The van der Waals surface area contributed by atoms with Gasteiger partial charge in [0.1, 0.15) is 5.82 Å². The van der Waals surface area contributed by atoms with Gasteiger partial charge < -0.3 is 5.32 Å². The van der Waals surface area contributed by atoms with E-state index in [4.69, 9.17) is 0 Å². The van der Waals surface area contributed by atoms with E-state index in [2.05, 4.69) is 27.9 Å². The minimum Gasteiger partial charge on any atom is -0.348 e. The van der Waals surface area contributed by atoms with Gasteiger partial charge in [-0.1, -0.05) is 18.2 Å². The van der Waals surface area contributed by atoms with Crippen LogP contribution in [0, 0.1) is 9.39 Å². The quantitative estimate of drug-likeness (QED) is 0.841. The van der Waals surface area contributed by atoms with Crippen LogP contribution in [-0.4, -0.2) is 5.91 Å². The van der Waals surface area contributed by atoms with Gasteiger partial charge in [0.2, 0.25) is 0 Å². The molecule has 2 rings (SSSR count). The van der Waals surface area contributed by atoms with E-state index in [0.29, 0.717) is 12.1 Å². The van der Waals surface area contributed by atoms with Crippen LogP contribution in [0.4, 0.5) is 4.39 Å². The summed E-state index contributed by atoms with van der Waals surface area (Å²) in [5, 5.41) is 2.76. The van der Waals surface area contributed by atoms with E-state index in [1.165, 1.54) is 12.1 Å². The summed E-state index contributed by atoms with van der Waals surface area (Å²) in [6.07, 6.45) is 0. The molecular weight excluding hydrogens is 344 g/mol. The lowest BCUT2D eigenvalue weighted by molar-refractivity contribution is 0.0951. The molecule has 1 amide bonds. The molecule has 18 heavy (non-hydrogen) atoms. The Morgan fingerprint density at radius 3 is 2.67 bits per heavy atom. The van der Waals surface area contributed by atoms with Crippen molar-refractivity contribution in [1.82, 2.24) is 5.32 Å². The summed E-state index contributed by atoms with van der Waals surface area (Å²) in [4.78, 5) is 11.8. The van der Waals surface area contributed by atoms with Gasteiger partial charge in [0.05, 0.1) is 0 Å². The number of rotatable bonds is 3. The van der Waals surface area contributed by atoms with E-state index in [1.807, 2.05) is 18.2 Å². The number of carbonyl (C=O) groups is 1. The van der Waals surface area contributed by atoms with Gasteiger partial charge >= 0.3 is 0 Å². The molecule has 0 radical (unpaired) electrons. The molecule has 0 heterocycles. The molecule has 0 saturated heterocycles. The molecule has 0 aromatic heterocycles. The van der Waals surface area contributed by atoms with Gasteiger partial charge in [0.15, 0.2) is 0 Å². The molecule has 0 fully saturated rings. The van der Waals surface area contributed by atoms with Crippen molar-refractivity contribution in [3.8, 4) is 0 Å². The summed E-state index contributed by atoms with van der Waals surface area (Å²) in [5.74, 6) is -0.450. The van der Waals surface area contributed by atoms with Crippen molar-refractivity contribution < 1.29 is 9.18 Å². The Morgan fingerprint density at radius 1 is 1.17 bits per heavy atom. The second kappa shape index (κ2) is 5.95. The maximum atomic E-state index is 13.0. The van der Waals surface area contributed by atoms with E-state index in [-0.39, 0.29) is 11.7 Å². The van der Waals surface area contributed by atoms with Gasteiger partial charge in [0.25, 0.3) is 5.91 Å². The lowest BCUT2D eigenvalue weighted by Crippen LogP contribution is -2.22.